The van der Waals surface area contributed by atoms with Crippen LogP contribution in [-0.4, -0.2) is 18.0 Å². The molecular formula is C14H24O2. The molecule has 3 unspecified atom stereocenters. The van der Waals surface area contributed by atoms with Gasteiger partial charge in [0.1, 0.15) is 5.78 Å². The third kappa shape index (κ3) is 2.85. The average molecular weight is 224 g/mol. The van der Waals surface area contributed by atoms with E-state index in [1.807, 2.05) is 0 Å². The Labute approximate surface area is 98.7 Å². The van der Waals surface area contributed by atoms with E-state index >= 15 is 0 Å². The molecule has 2 bridgehead atoms. The van der Waals surface area contributed by atoms with Crippen molar-refractivity contribution in [3.05, 3.63) is 0 Å². The minimum Gasteiger partial charge on any atom is -0.374 e. The molecule has 2 aliphatic heterocycles. The predicted octanol–water partition coefficient (Wildman–Crippen LogP) is 3.48. The number of carbonyl (C=O) groups excluding carboxylic acids is 1. The van der Waals surface area contributed by atoms with Gasteiger partial charge in [-0.25, -0.2) is 0 Å². The van der Waals surface area contributed by atoms with Gasteiger partial charge in [0.25, 0.3) is 0 Å². The van der Waals surface area contributed by atoms with E-state index < -0.39 is 0 Å². The first-order valence-electron chi connectivity index (χ1n) is 6.99. The minimum atomic E-state index is 0.255. The van der Waals surface area contributed by atoms with Crippen LogP contribution in [0.4, 0.5) is 0 Å². The Balaban J connectivity index is 1.61. The molecule has 0 aromatic heterocycles. The van der Waals surface area contributed by atoms with E-state index in [-0.39, 0.29) is 12.0 Å². The van der Waals surface area contributed by atoms with Crippen LogP contribution in [0.15, 0.2) is 0 Å². The quantitative estimate of drug-likeness (QED) is 0.619. The molecule has 0 N–H and O–H groups in total. The van der Waals surface area contributed by atoms with Gasteiger partial charge in [-0.1, -0.05) is 32.6 Å². The van der Waals surface area contributed by atoms with Gasteiger partial charge >= 0.3 is 0 Å². The molecule has 0 aromatic rings. The van der Waals surface area contributed by atoms with Crippen molar-refractivity contribution in [1.29, 1.82) is 0 Å². The maximum Gasteiger partial charge on any atom is 0.138 e. The Hall–Kier alpha value is -0.370. The van der Waals surface area contributed by atoms with Gasteiger partial charge in [0, 0.05) is 12.3 Å². The maximum atomic E-state index is 12.0. The molecule has 0 radical (unpaired) electrons. The number of rotatable bonds is 7. The van der Waals surface area contributed by atoms with Crippen molar-refractivity contribution in [3.63, 3.8) is 0 Å². The van der Waals surface area contributed by atoms with E-state index in [1.165, 1.54) is 32.1 Å². The van der Waals surface area contributed by atoms with Crippen LogP contribution >= 0.6 is 0 Å². The van der Waals surface area contributed by atoms with Crippen molar-refractivity contribution < 1.29 is 9.53 Å². The number of hydrogen-bond acceptors (Lipinski definition) is 2. The van der Waals surface area contributed by atoms with Gasteiger partial charge in [0.2, 0.25) is 0 Å². The lowest BCUT2D eigenvalue weighted by atomic mass is 9.84. The molecular weight excluding hydrogens is 200 g/mol. The Morgan fingerprint density at radius 3 is 2.62 bits per heavy atom. The zero-order valence-electron chi connectivity index (χ0n) is 10.4. The smallest absolute Gasteiger partial charge is 0.138 e. The largest absolute Gasteiger partial charge is 0.374 e. The summed E-state index contributed by atoms with van der Waals surface area (Å²) in [5, 5.41) is 0. The van der Waals surface area contributed by atoms with Crippen molar-refractivity contribution in [2.24, 2.45) is 5.92 Å². The first kappa shape index (κ1) is 12.1. The first-order valence-corrected chi connectivity index (χ1v) is 6.99. The van der Waals surface area contributed by atoms with Gasteiger partial charge in [-0.3, -0.25) is 4.79 Å². The second-order valence-electron chi connectivity index (χ2n) is 5.35. The number of ketones is 1. The molecule has 2 fully saturated rings. The third-order valence-corrected chi connectivity index (χ3v) is 4.05. The highest BCUT2D eigenvalue weighted by Crippen LogP contribution is 2.39. The summed E-state index contributed by atoms with van der Waals surface area (Å²) in [5.41, 5.74) is 0. The van der Waals surface area contributed by atoms with Crippen molar-refractivity contribution in [3.8, 4) is 0 Å². The lowest BCUT2D eigenvalue weighted by Gasteiger charge is -2.16. The molecule has 2 saturated heterocycles. The summed E-state index contributed by atoms with van der Waals surface area (Å²) in [7, 11) is 0. The van der Waals surface area contributed by atoms with Gasteiger partial charge in [-0.2, -0.15) is 0 Å². The number of ether oxygens (including phenoxy) is 1. The maximum absolute atomic E-state index is 12.0. The molecule has 16 heavy (non-hydrogen) atoms. The standard InChI is InChI=1S/C14H24O2/c1-2-3-4-5-6-7-13(15)12-10-11-8-9-14(12)16-11/h11-12,14H,2-10H2,1H3. The predicted molar refractivity (Wildman–Crippen MR) is 64.4 cm³/mol. The highest BCUT2D eigenvalue weighted by atomic mass is 16.5. The second-order valence-corrected chi connectivity index (χ2v) is 5.35. The summed E-state index contributed by atoms with van der Waals surface area (Å²) in [6, 6.07) is 0. The van der Waals surface area contributed by atoms with Crippen LogP contribution in [0.1, 0.15) is 64.7 Å². The zero-order chi connectivity index (χ0) is 11.4. The summed E-state index contributed by atoms with van der Waals surface area (Å²) in [4.78, 5) is 12.0. The fourth-order valence-corrected chi connectivity index (χ4v) is 3.06. The summed E-state index contributed by atoms with van der Waals surface area (Å²) < 4.78 is 5.73. The topological polar surface area (TPSA) is 26.3 Å². The van der Waals surface area contributed by atoms with Crippen LogP contribution in [0, 0.1) is 5.92 Å². The lowest BCUT2D eigenvalue weighted by molar-refractivity contribution is -0.124. The number of unbranched alkanes of at least 4 members (excludes halogenated alkanes) is 4. The third-order valence-electron chi connectivity index (χ3n) is 4.05. The van der Waals surface area contributed by atoms with Gasteiger partial charge in [0.05, 0.1) is 12.2 Å². The number of fused-ring (bicyclic) bond motifs is 2. The van der Waals surface area contributed by atoms with Gasteiger partial charge in [0.15, 0.2) is 0 Å². The van der Waals surface area contributed by atoms with Crippen molar-refractivity contribution >= 4 is 5.78 Å². The van der Waals surface area contributed by atoms with Crippen LogP contribution in [0.25, 0.3) is 0 Å². The van der Waals surface area contributed by atoms with E-state index in [1.54, 1.807) is 0 Å². The number of carbonyl (C=O) groups is 1. The Bertz CT molecular complexity index is 237. The molecule has 0 spiro atoms. The minimum absolute atomic E-state index is 0.255. The molecule has 0 saturated carbocycles. The van der Waals surface area contributed by atoms with Gasteiger partial charge < -0.3 is 4.74 Å². The molecule has 2 heterocycles. The van der Waals surface area contributed by atoms with E-state index in [4.69, 9.17) is 4.74 Å². The van der Waals surface area contributed by atoms with Crippen LogP contribution in [-0.2, 0) is 9.53 Å². The molecule has 2 aliphatic rings. The fourth-order valence-electron chi connectivity index (χ4n) is 3.06. The Morgan fingerprint density at radius 1 is 1.19 bits per heavy atom. The fraction of sp³-hybridized carbons (Fsp3) is 0.929. The Kier molecular flexibility index (Phi) is 4.39. The van der Waals surface area contributed by atoms with Crippen LogP contribution < -0.4 is 0 Å². The molecule has 0 aliphatic carbocycles. The molecule has 3 atom stereocenters. The summed E-state index contributed by atoms with van der Waals surface area (Å²) in [6.07, 6.45) is 11.0. The number of hydrogen-bond donors (Lipinski definition) is 0. The summed E-state index contributed by atoms with van der Waals surface area (Å²) in [6.45, 7) is 2.22. The van der Waals surface area contributed by atoms with E-state index in [0.717, 1.165) is 25.7 Å². The van der Waals surface area contributed by atoms with Crippen molar-refractivity contribution in [2.45, 2.75) is 76.9 Å². The molecule has 2 heteroatoms. The normalized spacial score (nSPS) is 32.2. The molecule has 0 aromatic carbocycles. The first-order chi connectivity index (χ1) is 7.81. The van der Waals surface area contributed by atoms with Crippen LogP contribution in [0.3, 0.4) is 0 Å². The zero-order valence-corrected chi connectivity index (χ0v) is 10.4. The average Bonchev–Trinajstić information content (AvgIpc) is 2.90. The Morgan fingerprint density at radius 2 is 2.00 bits per heavy atom. The van der Waals surface area contributed by atoms with Gasteiger partial charge in [-0.15, -0.1) is 0 Å². The van der Waals surface area contributed by atoms with Gasteiger partial charge in [-0.05, 0) is 25.7 Å². The van der Waals surface area contributed by atoms with E-state index in [2.05, 4.69) is 6.92 Å². The highest BCUT2D eigenvalue weighted by molar-refractivity contribution is 5.82. The van der Waals surface area contributed by atoms with Crippen LogP contribution in [0.5, 0.6) is 0 Å². The van der Waals surface area contributed by atoms with Crippen molar-refractivity contribution in [2.75, 3.05) is 0 Å². The van der Waals surface area contributed by atoms with Crippen LogP contribution in [0.2, 0.25) is 0 Å². The number of Topliss-reactive ketones (excluding diaryl/α,β-unsaturated/α-hetero) is 1. The summed E-state index contributed by atoms with van der Waals surface area (Å²) in [5.74, 6) is 0.730. The van der Waals surface area contributed by atoms with E-state index in [0.29, 0.717) is 11.9 Å². The second kappa shape index (κ2) is 5.81. The SMILES string of the molecule is CCCCCCCC(=O)C1CC2CCC1O2. The van der Waals surface area contributed by atoms with E-state index in [9.17, 15) is 4.79 Å². The molecule has 92 valence electrons. The lowest BCUT2D eigenvalue weighted by Crippen LogP contribution is -2.25. The molecule has 2 rings (SSSR count). The highest BCUT2D eigenvalue weighted by Gasteiger charge is 2.43. The molecule has 0 amide bonds. The monoisotopic (exact) mass is 224 g/mol. The van der Waals surface area contributed by atoms with Crippen molar-refractivity contribution in [1.82, 2.24) is 0 Å². The summed E-state index contributed by atoms with van der Waals surface area (Å²) >= 11 is 0. The molecule has 2 nitrogen and oxygen atoms in total.